The average Bonchev–Trinajstić information content (AvgIpc) is 2.34. The van der Waals surface area contributed by atoms with Crippen molar-refractivity contribution in [3.05, 3.63) is 33.9 Å². The normalized spacial score (nSPS) is 10.7. The van der Waals surface area contributed by atoms with Crippen molar-refractivity contribution in [1.29, 1.82) is 0 Å². The molecular weight excluding hydrogens is 298 g/mol. The van der Waals surface area contributed by atoms with Crippen molar-refractivity contribution in [2.75, 3.05) is 39.1 Å². The Hall–Kier alpha value is -1.14. The summed E-state index contributed by atoms with van der Waals surface area (Å²) in [6.45, 7) is 1.82. The largest absolute Gasteiger partial charge is 0.373 e. The lowest BCUT2D eigenvalue weighted by molar-refractivity contribution is -0.384. The number of nitrogens with zero attached hydrogens (tertiary/aromatic N) is 3. The van der Waals surface area contributed by atoms with Gasteiger partial charge in [0.25, 0.3) is 5.69 Å². The van der Waals surface area contributed by atoms with Crippen molar-refractivity contribution in [3.63, 3.8) is 0 Å². The Morgan fingerprint density at radius 2 is 1.94 bits per heavy atom. The molecule has 0 fully saturated rings. The van der Waals surface area contributed by atoms with Gasteiger partial charge in [0.15, 0.2) is 0 Å². The van der Waals surface area contributed by atoms with Crippen molar-refractivity contribution < 1.29 is 4.92 Å². The van der Waals surface area contributed by atoms with Gasteiger partial charge in [0.2, 0.25) is 0 Å². The van der Waals surface area contributed by atoms with E-state index in [1.807, 2.05) is 27.2 Å². The molecule has 0 saturated heterocycles. The van der Waals surface area contributed by atoms with Gasteiger partial charge in [-0.05, 0) is 25.7 Å². The van der Waals surface area contributed by atoms with Crippen LogP contribution in [0.3, 0.4) is 0 Å². The number of likely N-dealkylation sites (N-methyl/N-ethyl adjacent to an activating group) is 2. The molecule has 0 saturated carbocycles. The van der Waals surface area contributed by atoms with Crippen molar-refractivity contribution >= 4 is 27.3 Å². The smallest absolute Gasteiger partial charge is 0.269 e. The van der Waals surface area contributed by atoms with Gasteiger partial charge in [-0.1, -0.05) is 15.9 Å². The summed E-state index contributed by atoms with van der Waals surface area (Å²) in [5, 5.41) is 11.3. The van der Waals surface area contributed by atoms with Crippen LogP contribution in [0.5, 0.6) is 0 Å². The maximum Gasteiger partial charge on any atom is 0.269 e. The van der Waals surface area contributed by atoms with Gasteiger partial charge in [-0.2, -0.15) is 0 Å². The molecule has 0 unspecified atom stereocenters. The summed E-state index contributed by atoms with van der Waals surface area (Å²) >= 11 is 3.38. The highest BCUT2D eigenvalue weighted by Crippen LogP contribution is 2.26. The predicted octanol–water partition coefficient (Wildman–Crippen LogP) is 2.49. The molecule has 6 heteroatoms. The van der Waals surface area contributed by atoms with Crippen LogP contribution in [0.25, 0.3) is 0 Å². The minimum Gasteiger partial charge on any atom is -0.373 e. The molecule has 1 aromatic rings. The summed E-state index contributed by atoms with van der Waals surface area (Å²) in [5.74, 6) is 0. The van der Waals surface area contributed by atoms with E-state index >= 15 is 0 Å². The van der Waals surface area contributed by atoms with Crippen molar-refractivity contribution in [1.82, 2.24) is 4.90 Å². The summed E-state index contributed by atoms with van der Waals surface area (Å²) in [7, 11) is 6.04. The molecule has 0 heterocycles. The van der Waals surface area contributed by atoms with E-state index in [1.54, 1.807) is 12.1 Å². The first-order valence-corrected chi connectivity index (χ1v) is 6.77. The highest BCUT2D eigenvalue weighted by atomic mass is 79.9. The average molecular weight is 316 g/mol. The maximum absolute atomic E-state index is 10.7. The lowest BCUT2D eigenvalue weighted by atomic mass is 10.1. The van der Waals surface area contributed by atoms with Crippen molar-refractivity contribution in [3.8, 4) is 0 Å². The fourth-order valence-corrected chi connectivity index (χ4v) is 2.08. The zero-order valence-electron chi connectivity index (χ0n) is 10.9. The number of nitro groups is 1. The zero-order chi connectivity index (χ0) is 13.7. The van der Waals surface area contributed by atoms with Gasteiger partial charge in [-0.15, -0.1) is 0 Å². The number of halogens is 1. The first-order valence-electron chi connectivity index (χ1n) is 5.65. The first-order chi connectivity index (χ1) is 8.45. The molecule has 0 aliphatic carbocycles. The minimum atomic E-state index is -0.365. The topological polar surface area (TPSA) is 49.6 Å². The van der Waals surface area contributed by atoms with Crippen LogP contribution in [-0.4, -0.2) is 44.1 Å². The molecule has 100 valence electrons. The number of non-ortho nitro benzene ring substituents is 1. The number of benzene rings is 1. The molecule has 0 aliphatic heterocycles. The Morgan fingerprint density at radius 3 is 2.44 bits per heavy atom. The second-order valence-corrected chi connectivity index (χ2v) is 4.99. The monoisotopic (exact) mass is 315 g/mol. The van der Waals surface area contributed by atoms with Crippen LogP contribution in [0, 0.1) is 10.1 Å². The van der Waals surface area contributed by atoms with Gasteiger partial charge in [0.05, 0.1) is 4.92 Å². The van der Waals surface area contributed by atoms with Gasteiger partial charge in [0.1, 0.15) is 0 Å². The molecule has 0 bridgehead atoms. The molecule has 0 radical (unpaired) electrons. The van der Waals surface area contributed by atoms with E-state index in [2.05, 4.69) is 25.7 Å². The van der Waals surface area contributed by atoms with Crippen LogP contribution in [0.2, 0.25) is 0 Å². The Labute approximate surface area is 116 Å². The zero-order valence-corrected chi connectivity index (χ0v) is 12.5. The summed E-state index contributed by atoms with van der Waals surface area (Å²) in [6.07, 6.45) is 0. The molecular formula is C12H18BrN3O2. The Morgan fingerprint density at radius 1 is 1.28 bits per heavy atom. The van der Waals surface area contributed by atoms with Crippen LogP contribution in [-0.2, 0) is 5.33 Å². The number of anilines is 1. The predicted molar refractivity (Wildman–Crippen MR) is 77.6 cm³/mol. The lowest BCUT2D eigenvalue weighted by Gasteiger charge is -2.23. The van der Waals surface area contributed by atoms with Gasteiger partial charge in [-0.25, -0.2) is 0 Å². The molecule has 1 rings (SSSR count). The number of hydrogen-bond donors (Lipinski definition) is 0. The van der Waals surface area contributed by atoms with Gasteiger partial charge < -0.3 is 9.80 Å². The molecule has 0 amide bonds. The number of nitro benzene ring substituents is 1. The highest BCUT2D eigenvalue weighted by molar-refractivity contribution is 9.08. The summed E-state index contributed by atoms with van der Waals surface area (Å²) in [5.41, 5.74) is 2.10. The highest BCUT2D eigenvalue weighted by Gasteiger charge is 2.12. The van der Waals surface area contributed by atoms with E-state index in [4.69, 9.17) is 0 Å². The van der Waals surface area contributed by atoms with Crippen molar-refractivity contribution in [2.24, 2.45) is 0 Å². The molecule has 0 aliphatic rings. The van der Waals surface area contributed by atoms with Crippen LogP contribution < -0.4 is 4.90 Å². The summed E-state index contributed by atoms with van der Waals surface area (Å²) < 4.78 is 0. The van der Waals surface area contributed by atoms with E-state index < -0.39 is 0 Å². The lowest BCUT2D eigenvalue weighted by Crippen LogP contribution is -2.29. The molecule has 18 heavy (non-hydrogen) atoms. The minimum absolute atomic E-state index is 0.134. The fraction of sp³-hybridized carbons (Fsp3) is 0.500. The van der Waals surface area contributed by atoms with Crippen LogP contribution in [0.1, 0.15) is 5.56 Å². The molecule has 5 nitrogen and oxygen atoms in total. The van der Waals surface area contributed by atoms with E-state index in [1.165, 1.54) is 0 Å². The maximum atomic E-state index is 10.7. The van der Waals surface area contributed by atoms with E-state index in [0.29, 0.717) is 5.33 Å². The number of rotatable bonds is 6. The molecule has 0 N–H and O–H groups in total. The summed E-state index contributed by atoms with van der Waals surface area (Å²) in [6, 6.07) is 4.98. The van der Waals surface area contributed by atoms with E-state index in [0.717, 1.165) is 24.3 Å². The standard InChI is InChI=1S/C12H18BrN3O2/c1-14(2)6-7-15(3)12-5-4-11(16(17)18)8-10(12)9-13/h4-5,8H,6-7,9H2,1-3H3. The quantitative estimate of drug-likeness (QED) is 0.460. The fourth-order valence-electron chi connectivity index (χ4n) is 1.64. The van der Waals surface area contributed by atoms with E-state index in [-0.39, 0.29) is 10.6 Å². The number of hydrogen-bond acceptors (Lipinski definition) is 4. The third-order valence-electron chi connectivity index (χ3n) is 2.71. The summed E-state index contributed by atoms with van der Waals surface area (Å²) in [4.78, 5) is 14.6. The van der Waals surface area contributed by atoms with Gasteiger partial charge in [-0.3, -0.25) is 10.1 Å². The Kier molecular flexibility index (Phi) is 5.55. The first kappa shape index (κ1) is 14.9. The van der Waals surface area contributed by atoms with E-state index in [9.17, 15) is 10.1 Å². The van der Waals surface area contributed by atoms with Gasteiger partial charge >= 0.3 is 0 Å². The second kappa shape index (κ2) is 6.70. The molecule has 1 aromatic carbocycles. The third kappa shape index (κ3) is 3.96. The molecule has 0 aromatic heterocycles. The molecule has 0 spiro atoms. The Bertz CT molecular complexity index is 424. The number of alkyl halides is 1. The van der Waals surface area contributed by atoms with Gasteiger partial charge in [0, 0.05) is 43.3 Å². The molecule has 0 atom stereocenters. The third-order valence-corrected chi connectivity index (χ3v) is 3.32. The second-order valence-electron chi connectivity index (χ2n) is 4.43. The van der Waals surface area contributed by atoms with Crippen LogP contribution in [0.15, 0.2) is 18.2 Å². The van der Waals surface area contributed by atoms with Crippen LogP contribution >= 0.6 is 15.9 Å². The SMILES string of the molecule is CN(C)CCN(C)c1ccc([N+](=O)[O-])cc1CBr. The van der Waals surface area contributed by atoms with Crippen LogP contribution in [0.4, 0.5) is 11.4 Å². The van der Waals surface area contributed by atoms with Crippen molar-refractivity contribution in [2.45, 2.75) is 5.33 Å². The Balaban J connectivity index is 2.91.